The first-order chi connectivity index (χ1) is 17.1. The smallest absolute Gasteiger partial charge is 0.242 e. The molecule has 3 aromatic rings. The Morgan fingerprint density at radius 3 is 2.29 bits per heavy atom. The van der Waals surface area contributed by atoms with Crippen molar-refractivity contribution in [1.29, 1.82) is 0 Å². The standard InChI is InChI=1S/C28H36N6O2.2ClH/c1-7-34-24-11-10-22(16-25(24)31(5)26(35)28(3,4)27(34)36)18-33(14-12-21-9-8-13-29-17-21)19-23-15-20(2)30-32(23)6;;/h8-11,13,15-17H,7,12,14,18-19H2,1-6H3;2*1H. The van der Waals surface area contributed by atoms with Crippen molar-refractivity contribution in [1.82, 2.24) is 19.7 Å². The van der Waals surface area contributed by atoms with Gasteiger partial charge in [-0.3, -0.25) is 24.2 Å². The van der Waals surface area contributed by atoms with Crippen LogP contribution in [0.1, 0.15) is 43.3 Å². The summed E-state index contributed by atoms with van der Waals surface area (Å²) < 4.78 is 1.93. The molecule has 1 aromatic carbocycles. The van der Waals surface area contributed by atoms with Gasteiger partial charge in [0.15, 0.2) is 0 Å². The van der Waals surface area contributed by atoms with Gasteiger partial charge in [0, 0.05) is 52.7 Å². The van der Waals surface area contributed by atoms with Crippen LogP contribution in [0.2, 0.25) is 0 Å². The number of aryl methyl sites for hydroxylation is 2. The summed E-state index contributed by atoms with van der Waals surface area (Å²) in [4.78, 5) is 36.4. The van der Waals surface area contributed by atoms with Crippen LogP contribution in [-0.4, -0.2) is 51.6 Å². The van der Waals surface area contributed by atoms with E-state index in [9.17, 15) is 9.59 Å². The van der Waals surface area contributed by atoms with E-state index in [1.165, 1.54) is 5.56 Å². The molecule has 0 N–H and O–H groups in total. The Kier molecular flexibility index (Phi) is 10.5. The molecule has 38 heavy (non-hydrogen) atoms. The molecule has 0 saturated carbocycles. The zero-order valence-corrected chi connectivity index (χ0v) is 24.6. The third-order valence-electron chi connectivity index (χ3n) is 6.96. The molecule has 0 atom stereocenters. The van der Waals surface area contributed by atoms with Crippen LogP contribution in [0.5, 0.6) is 0 Å². The monoisotopic (exact) mass is 560 g/mol. The molecule has 1 aliphatic rings. The van der Waals surface area contributed by atoms with Crippen molar-refractivity contribution in [3.8, 4) is 0 Å². The number of nitrogens with zero attached hydrogens (tertiary/aromatic N) is 6. The first kappa shape index (κ1) is 31.3. The average molecular weight is 562 g/mol. The van der Waals surface area contributed by atoms with E-state index in [0.717, 1.165) is 47.8 Å². The number of anilines is 2. The number of carbonyl (C=O) groups excluding carboxylic acids is 2. The fourth-order valence-corrected chi connectivity index (χ4v) is 4.89. The first-order valence-corrected chi connectivity index (χ1v) is 12.5. The Labute approximate surface area is 237 Å². The lowest BCUT2D eigenvalue weighted by atomic mass is 9.90. The lowest BCUT2D eigenvalue weighted by Crippen LogP contribution is -2.47. The maximum absolute atomic E-state index is 13.2. The highest BCUT2D eigenvalue weighted by Gasteiger charge is 2.45. The van der Waals surface area contributed by atoms with E-state index in [1.54, 1.807) is 36.9 Å². The van der Waals surface area contributed by atoms with Crippen molar-refractivity contribution in [2.45, 2.75) is 47.2 Å². The molecular weight excluding hydrogens is 523 g/mol. The van der Waals surface area contributed by atoms with Gasteiger partial charge in [-0.2, -0.15) is 5.10 Å². The Hall–Kier alpha value is -2.94. The van der Waals surface area contributed by atoms with Gasteiger partial charge in [0.2, 0.25) is 11.8 Å². The Morgan fingerprint density at radius 2 is 1.68 bits per heavy atom. The zero-order chi connectivity index (χ0) is 26.0. The molecule has 1 aliphatic heterocycles. The number of pyridine rings is 1. The molecule has 0 radical (unpaired) electrons. The summed E-state index contributed by atoms with van der Waals surface area (Å²) in [6.07, 6.45) is 4.58. The predicted octanol–water partition coefficient (Wildman–Crippen LogP) is 4.57. The van der Waals surface area contributed by atoms with E-state index < -0.39 is 5.41 Å². The number of halogens is 2. The number of aromatic nitrogens is 3. The molecule has 0 saturated heterocycles. The van der Waals surface area contributed by atoms with E-state index in [2.05, 4.69) is 39.2 Å². The van der Waals surface area contributed by atoms with Crippen molar-refractivity contribution in [3.63, 3.8) is 0 Å². The summed E-state index contributed by atoms with van der Waals surface area (Å²) in [6, 6.07) is 12.3. The van der Waals surface area contributed by atoms with Crippen LogP contribution in [0.25, 0.3) is 0 Å². The maximum Gasteiger partial charge on any atom is 0.242 e. The van der Waals surface area contributed by atoms with Crippen LogP contribution in [0.4, 0.5) is 11.4 Å². The number of carbonyl (C=O) groups is 2. The van der Waals surface area contributed by atoms with Gasteiger partial charge >= 0.3 is 0 Å². The van der Waals surface area contributed by atoms with Crippen LogP contribution in [0.15, 0.2) is 48.8 Å². The minimum absolute atomic E-state index is 0. The molecule has 0 spiro atoms. The van der Waals surface area contributed by atoms with Crippen LogP contribution in [0.3, 0.4) is 0 Å². The molecule has 2 aromatic heterocycles. The minimum Gasteiger partial charge on any atom is -0.313 e. The maximum atomic E-state index is 13.2. The largest absolute Gasteiger partial charge is 0.313 e. The minimum atomic E-state index is -1.11. The number of hydrogen-bond donors (Lipinski definition) is 0. The zero-order valence-electron chi connectivity index (χ0n) is 23.0. The quantitative estimate of drug-likeness (QED) is 0.377. The van der Waals surface area contributed by atoms with Crippen molar-refractivity contribution >= 4 is 48.0 Å². The molecule has 10 heteroatoms. The summed E-state index contributed by atoms with van der Waals surface area (Å²) in [5.74, 6) is -0.362. The van der Waals surface area contributed by atoms with Gasteiger partial charge in [-0.15, -0.1) is 24.8 Å². The topological polar surface area (TPSA) is 74.6 Å². The fourth-order valence-electron chi connectivity index (χ4n) is 4.89. The van der Waals surface area contributed by atoms with Gasteiger partial charge < -0.3 is 9.80 Å². The molecule has 0 fully saturated rings. The van der Waals surface area contributed by atoms with Gasteiger partial charge in [-0.25, -0.2) is 0 Å². The summed E-state index contributed by atoms with van der Waals surface area (Å²) in [5, 5.41) is 4.51. The van der Waals surface area contributed by atoms with Gasteiger partial charge in [0.05, 0.1) is 22.8 Å². The molecule has 3 heterocycles. The molecule has 8 nitrogen and oxygen atoms in total. The van der Waals surface area contributed by atoms with Crippen LogP contribution in [-0.2, 0) is 36.1 Å². The molecule has 2 amide bonds. The third-order valence-corrected chi connectivity index (χ3v) is 6.96. The SMILES string of the molecule is CCN1C(=O)C(C)(C)C(=O)N(C)c2cc(CN(CCc3cccnc3)Cc3cc(C)nn3C)ccc21.Cl.Cl. The van der Waals surface area contributed by atoms with Crippen molar-refractivity contribution in [3.05, 3.63) is 71.3 Å². The highest BCUT2D eigenvalue weighted by atomic mass is 35.5. The van der Waals surface area contributed by atoms with E-state index >= 15 is 0 Å². The highest BCUT2D eigenvalue weighted by molar-refractivity contribution is 6.19. The van der Waals surface area contributed by atoms with Gasteiger partial charge in [-0.1, -0.05) is 12.1 Å². The predicted molar refractivity (Wildman–Crippen MR) is 156 cm³/mol. The summed E-state index contributed by atoms with van der Waals surface area (Å²) in [5.41, 5.74) is 4.84. The van der Waals surface area contributed by atoms with Crippen LogP contribution < -0.4 is 9.80 Å². The molecule has 4 rings (SSSR count). The first-order valence-electron chi connectivity index (χ1n) is 12.5. The number of benzene rings is 1. The summed E-state index contributed by atoms with van der Waals surface area (Å²) in [7, 11) is 3.74. The molecular formula is C28H38Cl2N6O2. The second-order valence-corrected chi connectivity index (χ2v) is 10.1. The Bertz CT molecular complexity index is 1260. The van der Waals surface area contributed by atoms with E-state index in [1.807, 2.05) is 43.9 Å². The Balaban J connectivity index is 0.00000253. The Morgan fingerprint density at radius 1 is 0.947 bits per heavy atom. The average Bonchev–Trinajstić information content (AvgIpc) is 3.16. The second kappa shape index (κ2) is 12.7. The molecule has 0 bridgehead atoms. The lowest BCUT2D eigenvalue weighted by Gasteiger charge is -2.27. The lowest BCUT2D eigenvalue weighted by molar-refractivity contribution is -0.137. The number of amides is 2. The molecule has 0 aliphatic carbocycles. The highest BCUT2D eigenvalue weighted by Crippen LogP contribution is 2.39. The van der Waals surface area contributed by atoms with Gasteiger partial charge in [0.1, 0.15) is 5.41 Å². The second-order valence-electron chi connectivity index (χ2n) is 10.1. The van der Waals surface area contributed by atoms with Crippen LogP contribution in [0, 0.1) is 12.3 Å². The van der Waals surface area contributed by atoms with Gasteiger partial charge in [0.25, 0.3) is 0 Å². The number of hydrogen-bond acceptors (Lipinski definition) is 5. The van der Waals surface area contributed by atoms with Gasteiger partial charge in [-0.05, 0) is 69.5 Å². The van der Waals surface area contributed by atoms with Crippen LogP contribution >= 0.6 is 24.8 Å². The number of rotatable bonds is 8. The molecule has 0 unspecified atom stereocenters. The van der Waals surface area contributed by atoms with Crippen molar-refractivity contribution < 1.29 is 9.59 Å². The van der Waals surface area contributed by atoms with E-state index in [4.69, 9.17) is 0 Å². The van der Waals surface area contributed by atoms with E-state index in [-0.39, 0.29) is 36.6 Å². The summed E-state index contributed by atoms with van der Waals surface area (Å²) >= 11 is 0. The number of fused-ring (bicyclic) bond motifs is 1. The summed E-state index contributed by atoms with van der Waals surface area (Å²) in [6.45, 7) is 10.2. The van der Waals surface area contributed by atoms with Crippen molar-refractivity contribution in [2.75, 3.05) is 29.9 Å². The normalized spacial score (nSPS) is 14.6. The molecule has 206 valence electrons. The van der Waals surface area contributed by atoms with Crippen molar-refractivity contribution in [2.24, 2.45) is 12.5 Å². The third kappa shape index (κ3) is 6.37. The fraction of sp³-hybridized carbons (Fsp3) is 0.429. The van der Waals surface area contributed by atoms with E-state index in [0.29, 0.717) is 13.1 Å².